The van der Waals surface area contributed by atoms with Crippen molar-refractivity contribution in [3.63, 3.8) is 0 Å². The molecule has 2 N–H and O–H groups in total. The van der Waals surface area contributed by atoms with Crippen LogP contribution in [0.5, 0.6) is 0 Å². The standard InChI is InChI=1S/C70H133N2O6P/c1-6-8-10-12-14-16-18-20-22-24-26-28-30-32-33-34-35-36-37-38-39-40-42-44-46-48-50-52-54-56-58-60-62-64-70(74)71-68(67-78-79(75,76)77-66-65-72(3,4)5)69(73)63-61-59-57-55-53-51-49-47-45-43-41-31-29-27-25-23-21-19-17-15-13-11-9-7-2/h8,10,14,16,20,22,26,28,61,63,68-69,73H,6-7,9,11-13,15,17-19,21,23-25,27,29-60,62,64-67H2,1-5H3,(H-,71,74,75,76)/b10-8-,16-14-,22-20-,28-26-,63-61+. The molecule has 0 heterocycles. The van der Waals surface area contributed by atoms with E-state index in [1.165, 1.54) is 244 Å². The molecule has 0 aliphatic rings. The van der Waals surface area contributed by atoms with Crippen LogP contribution < -0.4 is 10.2 Å². The predicted molar refractivity (Wildman–Crippen MR) is 344 cm³/mol. The molecular weight excluding hydrogens is 996 g/mol. The van der Waals surface area contributed by atoms with Gasteiger partial charge >= 0.3 is 0 Å². The number of aliphatic hydroxyl groups is 1. The van der Waals surface area contributed by atoms with Crippen molar-refractivity contribution in [3.05, 3.63) is 60.8 Å². The molecule has 464 valence electrons. The number of aliphatic hydroxyl groups excluding tert-OH is 1. The molecule has 0 aliphatic heterocycles. The van der Waals surface area contributed by atoms with Crippen molar-refractivity contribution < 1.29 is 32.9 Å². The molecule has 0 saturated carbocycles. The van der Waals surface area contributed by atoms with Crippen LogP contribution in [0.25, 0.3) is 0 Å². The fraction of sp³-hybridized carbons (Fsp3) is 0.843. The second-order valence-corrected chi connectivity index (χ2v) is 25.9. The average Bonchev–Trinajstić information content (AvgIpc) is 3.42. The van der Waals surface area contributed by atoms with E-state index in [2.05, 4.69) is 67.8 Å². The lowest BCUT2D eigenvalue weighted by molar-refractivity contribution is -0.870. The summed E-state index contributed by atoms with van der Waals surface area (Å²) in [5.41, 5.74) is 0. The van der Waals surface area contributed by atoms with E-state index >= 15 is 0 Å². The van der Waals surface area contributed by atoms with Crippen LogP contribution in [0.2, 0.25) is 0 Å². The molecule has 0 bridgehead atoms. The Morgan fingerprint density at radius 2 is 0.772 bits per heavy atom. The molecule has 0 aromatic carbocycles. The Labute approximate surface area is 492 Å². The Balaban J connectivity index is 4.04. The van der Waals surface area contributed by atoms with Gasteiger partial charge in [-0.05, 0) is 57.8 Å². The maximum absolute atomic E-state index is 13.0. The van der Waals surface area contributed by atoms with Crippen molar-refractivity contribution in [2.75, 3.05) is 40.9 Å². The second-order valence-electron chi connectivity index (χ2n) is 24.5. The fourth-order valence-corrected chi connectivity index (χ4v) is 10.9. The Hall–Kier alpha value is -1.80. The number of carbonyl (C=O) groups is 1. The highest BCUT2D eigenvalue weighted by Gasteiger charge is 2.23. The number of hydrogen-bond donors (Lipinski definition) is 2. The molecule has 0 spiro atoms. The molecule has 3 unspecified atom stereocenters. The number of unbranched alkanes of at least 4 members (excludes halogenated alkanes) is 42. The first kappa shape index (κ1) is 77.2. The van der Waals surface area contributed by atoms with Gasteiger partial charge < -0.3 is 28.8 Å². The monoisotopic (exact) mass is 1130 g/mol. The molecule has 9 heteroatoms. The van der Waals surface area contributed by atoms with Crippen LogP contribution in [0.1, 0.15) is 328 Å². The average molecular weight is 1130 g/mol. The number of hydrogen-bond acceptors (Lipinski definition) is 6. The van der Waals surface area contributed by atoms with E-state index in [-0.39, 0.29) is 19.1 Å². The third-order valence-corrected chi connectivity index (χ3v) is 16.4. The van der Waals surface area contributed by atoms with Crippen LogP contribution in [0.15, 0.2) is 60.8 Å². The molecule has 79 heavy (non-hydrogen) atoms. The number of allylic oxidation sites excluding steroid dienone is 9. The van der Waals surface area contributed by atoms with Gasteiger partial charge in [-0.15, -0.1) is 0 Å². The highest BCUT2D eigenvalue weighted by molar-refractivity contribution is 7.45. The van der Waals surface area contributed by atoms with E-state index in [9.17, 15) is 19.4 Å². The number of rotatable bonds is 63. The number of quaternary nitrogens is 1. The number of nitrogens with zero attached hydrogens (tertiary/aromatic N) is 1. The highest BCUT2D eigenvalue weighted by atomic mass is 31.2. The quantitative estimate of drug-likeness (QED) is 0.0272. The second kappa shape index (κ2) is 60.8. The van der Waals surface area contributed by atoms with Crippen molar-refractivity contribution in [1.29, 1.82) is 0 Å². The van der Waals surface area contributed by atoms with Gasteiger partial charge in [0.2, 0.25) is 5.91 Å². The zero-order valence-corrected chi connectivity index (χ0v) is 54.0. The molecule has 1 amide bonds. The molecule has 0 aromatic heterocycles. The van der Waals surface area contributed by atoms with Crippen LogP contribution >= 0.6 is 7.82 Å². The third kappa shape index (κ3) is 63.6. The first-order valence-corrected chi connectivity index (χ1v) is 35.6. The van der Waals surface area contributed by atoms with Gasteiger partial charge in [0.25, 0.3) is 7.82 Å². The molecular formula is C70H133N2O6P. The van der Waals surface area contributed by atoms with Crippen LogP contribution in [-0.2, 0) is 18.4 Å². The summed E-state index contributed by atoms with van der Waals surface area (Å²) in [6.07, 6.45) is 83.3. The van der Waals surface area contributed by atoms with Crippen LogP contribution in [0, 0.1) is 0 Å². The maximum atomic E-state index is 13.0. The molecule has 0 aliphatic carbocycles. The van der Waals surface area contributed by atoms with Gasteiger partial charge in [-0.25, -0.2) is 0 Å². The lowest BCUT2D eigenvalue weighted by Crippen LogP contribution is -2.45. The number of amides is 1. The zero-order chi connectivity index (χ0) is 57.7. The number of phosphoric acid groups is 1. The van der Waals surface area contributed by atoms with Gasteiger partial charge in [-0.2, -0.15) is 0 Å². The van der Waals surface area contributed by atoms with E-state index in [1.54, 1.807) is 6.08 Å². The first-order valence-electron chi connectivity index (χ1n) is 34.2. The van der Waals surface area contributed by atoms with Crippen molar-refractivity contribution in [1.82, 2.24) is 5.32 Å². The van der Waals surface area contributed by atoms with E-state index in [1.807, 2.05) is 27.2 Å². The van der Waals surface area contributed by atoms with Gasteiger partial charge in [0.1, 0.15) is 13.2 Å². The normalized spacial score (nSPS) is 14.1. The van der Waals surface area contributed by atoms with Gasteiger partial charge in [-0.3, -0.25) is 9.36 Å². The molecule has 8 nitrogen and oxygen atoms in total. The largest absolute Gasteiger partial charge is 0.756 e. The van der Waals surface area contributed by atoms with Crippen LogP contribution in [-0.4, -0.2) is 68.5 Å². The summed E-state index contributed by atoms with van der Waals surface area (Å²) in [6.45, 7) is 4.58. The lowest BCUT2D eigenvalue weighted by atomic mass is 10.0. The summed E-state index contributed by atoms with van der Waals surface area (Å²) >= 11 is 0. The Kier molecular flexibility index (Phi) is 59.4. The SMILES string of the molecule is CC/C=C\C/C=C\C/C=C\C/C=C\CCCCCCCCCCCCCCCCCCCCCCC(=O)NC(COP(=O)([O-])OCC[N+](C)(C)C)C(O)/C=C/CCCCCCCCCCCCCCCCCCCCCCCC. The topological polar surface area (TPSA) is 108 Å². The number of phosphoric ester groups is 1. The van der Waals surface area contributed by atoms with E-state index in [4.69, 9.17) is 9.05 Å². The predicted octanol–water partition coefficient (Wildman–Crippen LogP) is 21.0. The van der Waals surface area contributed by atoms with Crippen LogP contribution in [0.4, 0.5) is 0 Å². The molecule has 0 saturated heterocycles. The van der Waals surface area contributed by atoms with Crippen molar-refractivity contribution in [2.24, 2.45) is 0 Å². The minimum absolute atomic E-state index is 0.000170. The summed E-state index contributed by atoms with van der Waals surface area (Å²) in [5.74, 6) is -0.192. The summed E-state index contributed by atoms with van der Waals surface area (Å²) in [5, 5.41) is 14.0. The van der Waals surface area contributed by atoms with E-state index in [0.717, 1.165) is 64.2 Å². The number of nitrogens with one attached hydrogen (secondary N) is 1. The highest BCUT2D eigenvalue weighted by Crippen LogP contribution is 2.38. The fourth-order valence-electron chi connectivity index (χ4n) is 10.2. The smallest absolute Gasteiger partial charge is 0.268 e. The summed E-state index contributed by atoms with van der Waals surface area (Å²) in [4.78, 5) is 25.6. The maximum Gasteiger partial charge on any atom is 0.268 e. The van der Waals surface area contributed by atoms with Gasteiger partial charge in [-0.1, -0.05) is 325 Å². The van der Waals surface area contributed by atoms with Gasteiger partial charge in [0, 0.05) is 6.42 Å². The Bertz CT molecular complexity index is 1470. The van der Waals surface area contributed by atoms with Crippen molar-refractivity contribution in [3.8, 4) is 0 Å². The van der Waals surface area contributed by atoms with Crippen molar-refractivity contribution >= 4 is 13.7 Å². The molecule has 3 atom stereocenters. The molecule has 0 fully saturated rings. The Morgan fingerprint density at radius 1 is 0.456 bits per heavy atom. The molecule has 0 aromatic rings. The molecule has 0 rings (SSSR count). The first-order chi connectivity index (χ1) is 38.5. The summed E-state index contributed by atoms with van der Waals surface area (Å²) in [6, 6.07) is -0.888. The minimum atomic E-state index is -4.60. The van der Waals surface area contributed by atoms with Crippen LogP contribution in [0.3, 0.4) is 0 Å². The van der Waals surface area contributed by atoms with E-state index < -0.39 is 20.0 Å². The third-order valence-electron chi connectivity index (χ3n) is 15.5. The Morgan fingerprint density at radius 3 is 1.13 bits per heavy atom. The zero-order valence-electron chi connectivity index (χ0n) is 53.1. The summed E-state index contributed by atoms with van der Waals surface area (Å²) in [7, 11) is 1.27. The van der Waals surface area contributed by atoms with Gasteiger partial charge in [0.05, 0.1) is 39.9 Å². The van der Waals surface area contributed by atoms with Gasteiger partial charge in [0.15, 0.2) is 0 Å². The lowest BCUT2D eigenvalue weighted by Gasteiger charge is -2.29. The summed E-state index contributed by atoms with van der Waals surface area (Å²) < 4.78 is 23.5. The van der Waals surface area contributed by atoms with Crippen molar-refractivity contribution in [2.45, 2.75) is 341 Å². The van der Waals surface area contributed by atoms with E-state index in [0.29, 0.717) is 17.4 Å². The number of likely N-dealkylation sites (N-methyl/N-ethyl adjacent to an activating group) is 1. The molecule has 0 radical (unpaired) electrons. The number of carbonyl (C=O) groups excluding carboxylic acids is 1. The minimum Gasteiger partial charge on any atom is -0.756 e.